The van der Waals surface area contributed by atoms with Gasteiger partial charge in [-0.1, -0.05) is 17.9 Å². The molecule has 0 aromatic heterocycles. The molecule has 0 bridgehead atoms. The van der Waals surface area contributed by atoms with Crippen LogP contribution in [0.25, 0.3) is 0 Å². The van der Waals surface area contributed by atoms with Crippen LogP contribution in [0.4, 0.5) is 18.0 Å². The van der Waals surface area contributed by atoms with E-state index in [9.17, 15) is 22.8 Å². The summed E-state index contributed by atoms with van der Waals surface area (Å²) in [6.07, 6.45) is -3.62. The van der Waals surface area contributed by atoms with Gasteiger partial charge in [-0.05, 0) is 31.0 Å². The van der Waals surface area contributed by atoms with Gasteiger partial charge in [0.1, 0.15) is 0 Å². The molecule has 0 aliphatic carbocycles. The minimum Gasteiger partial charge on any atom is -0.481 e. The Bertz CT molecular complexity index is 699. The molecular formula is C17H17F3N2O3. The Kier molecular flexibility index (Phi) is 5.91. The Morgan fingerprint density at radius 3 is 2.56 bits per heavy atom. The predicted molar refractivity (Wildman–Crippen MR) is 83.7 cm³/mol. The number of hydrogen-bond donors (Lipinski definition) is 2. The number of rotatable bonds is 2. The normalized spacial score (nSPS) is 15.2. The lowest BCUT2D eigenvalue weighted by molar-refractivity contribution is -0.143. The molecule has 1 aliphatic rings. The standard InChI is InChI=1S/C17H17F3N2O3/c18-17(19,20)14-5-1-3-12(11-14)4-2-8-21-16(25)22-9-6-13(7-10-22)15(23)24/h1,3,5,11,13H,6-10H2,(H,21,25)(H,23,24). The fourth-order valence-corrected chi connectivity index (χ4v) is 2.48. The molecule has 25 heavy (non-hydrogen) atoms. The van der Waals surface area contributed by atoms with E-state index >= 15 is 0 Å². The summed E-state index contributed by atoms with van der Waals surface area (Å²) in [5.74, 6) is 3.90. The second-order valence-corrected chi connectivity index (χ2v) is 5.64. The molecule has 1 aromatic carbocycles. The number of piperidine rings is 1. The van der Waals surface area contributed by atoms with E-state index in [1.54, 1.807) is 0 Å². The molecule has 1 heterocycles. The third-order valence-corrected chi connectivity index (χ3v) is 3.88. The van der Waals surface area contributed by atoms with Gasteiger partial charge in [0.2, 0.25) is 0 Å². The van der Waals surface area contributed by atoms with Gasteiger partial charge >= 0.3 is 18.2 Å². The van der Waals surface area contributed by atoms with Crippen LogP contribution in [-0.2, 0) is 11.0 Å². The topological polar surface area (TPSA) is 69.6 Å². The van der Waals surface area contributed by atoms with Crippen LogP contribution < -0.4 is 5.32 Å². The molecule has 0 atom stereocenters. The SMILES string of the molecule is O=C(O)C1CCN(C(=O)NCC#Cc2cccc(C(F)(F)F)c2)CC1. The summed E-state index contributed by atoms with van der Waals surface area (Å²) in [4.78, 5) is 24.3. The second-order valence-electron chi connectivity index (χ2n) is 5.64. The smallest absolute Gasteiger partial charge is 0.416 e. The lowest BCUT2D eigenvalue weighted by Crippen LogP contribution is -2.45. The number of nitrogens with one attached hydrogen (secondary N) is 1. The van der Waals surface area contributed by atoms with Gasteiger partial charge in [0.15, 0.2) is 0 Å². The number of amides is 2. The molecule has 0 unspecified atom stereocenters. The van der Waals surface area contributed by atoms with Gasteiger partial charge in [-0.2, -0.15) is 13.2 Å². The molecule has 1 aliphatic heterocycles. The predicted octanol–water partition coefficient (Wildman–Crippen LogP) is 2.56. The molecule has 2 amide bonds. The van der Waals surface area contributed by atoms with E-state index in [4.69, 9.17) is 5.11 Å². The summed E-state index contributed by atoms with van der Waals surface area (Å²) in [6.45, 7) is 0.696. The highest BCUT2D eigenvalue weighted by atomic mass is 19.4. The van der Waals surface area contributed by atoms with Gasteiger partial charge in [-0.25, -0.2) is 4.79 Å². The number of nitrogens with zero attached hydrogens (tertiary/aromatic N) is 1. The highest BCUT2D eigenvalue weighted by molar-refractivity contribution is 5.75. The quantitative estimate of drug-likeness (QED) is 0.802. The number of halogens is 3. The molecule has 2 rings (SSSR count). The second kappa shape index (κ2) is 7.92. The molecule has 0 radical (unpaired) electrons. The molecule has 0 saturated carbocycles. The highest BCUT2D eigenvalue weighted by Gasteiger charge is 2.30. The number of hydrogen-bond acceptors (Lipinski definition) is 2. The van der Waals surface area contributed by atoms with Crippen LogP contribution in [0, 0.1) is 17.8 Å². The zero-order chi connectivity index (χ0) is 18.4. The molecular weight excluding hydrogens is 337 g/mol. The number of carboxylic acid groups (broad SMARTS) is 1. The van der Waals surface area contributed by atoms with Crippen LogP contribution in [0.15, 0.2) is 24.3 Å². The fourth-order valence-electron chi connectivity index (χ4n) is 2.48. The maximum atomic E-state index is 12.6. The van der Waals surface area contributed by atoms with Gasteiger partial charge in [0, 0.05) is 18.7 Å². The molecule has 1 fully saturated rings. The van der Waals surface area contributed by atoms with E-state index < -0.39 is 23.6 Å². The van der Waals surface area contributed by atoms with E-state index in [-0.39, 0.29) is 18.1 Å². The van der Waals surface area contributed by atoms with Crippen molar-refractivity contribution in [1.82, 2.24) is 10.2 Å². The van der Waals surface area contributed by atoms with E-state index in [2.05, 4.69) is 17.2 Å². The van der Waals surface area contributed by atoms with Crippen LogP contribution in [0.3, 0.4) is 0 Å². The van der Waals surface area contributed by atoms with Crippen molar-refractivity contribution >= 4 is 12.0 Å². The van der Waals surface area contributed by atoms with Crippen LogP contribution in [0.1, 0.15) is 24.0 Å². The van der Waals surface area contributed by atoms with E-state index in [0.717, 1.165) is 12.1 Å². The van der Waals surface area contributed by atoms with Gasteiger partial charge in [-0.3, -0.25) is 4.79 Å². The van der Waals surface area contributed by atoms with Crippen molar-refractivity contribution in [3.63, 3.8) is 0 Å². The minimum absolute atomic E-state index is 0.00601. The summed E-state index contributed by atoms with van der Waals surface area (Å²) in [7, 11) is 0. The van der Waals surface area contributed by atoms with Crippen LogP contribution >= 0.6 is 0 Å². The van der Waals surface area contributed by atoms with Crippen molar-refractivity contribution in [2.45, 2.75) is 19.0 Å². The lowest BCUT2D eigenvalue weighted by atomic mass is 9.97. The first-order valence-electron chi connectivity index (χ1n) is 7.69. The number of benzene rings is 1. The minimum atomic E-state index is -4.42. The van der Waals surface area contributed by atoms with Crippen molar-refractivity contribution < 1.29 is 27.9 Å². The monoisotopic (exact) mass is 354 g/mol. The van der Waals surface area contributed by atoms with Crippen molar-refractivity contribution in [2.75, 3.05) is 19.6 Å². The van der Waals surface area contributed by atoms with Crippen LogP contribution in [0.2, 0.25) is 0 Å². The van der Waals surface area contributed by atoms with Gasteiger partial charge in [-0.15, -0.1) is 0 Å². The summed E-state index contributed by atoms with van der Waals surface area (Å²) < 4.78 is 37.8. The summed E-state index contributed by atoms with van der Waals surface area (Å²) in [6, 6.07) is 4.29. The third kappa shape index (κ3) is 5.41. The van der Waals surface area contributed by atoms with Crippen LogP contribution in [0.5, 0.6) is 0 Å². The average Bonchev–Trinajstić information content (AvgIpc) is 2.58. The summed E-state index contributed by atoms with van der Waals surface area (Å²) in [5.41, 5.74) is -0.559. The Balaban J connectivity index is 1.83. The largest absolute Gasteiger partial charge is 0.481 e. The maximum Gasteiger partial charge on any atom is 0.416 e. The van der Waals surface area contributed by atoms with E-state index in [1.807, 2.05) is 0 Å². The third-order valence-electron chi connectivity index (χ3n) is 3.88. The van der Waals surface area contributed by atoms with Crippen molar-refractivity contribution in [3.8, 4) is 11.8 Å². The van der Waals surface area contributed by atoms with Gasteiger partial charge in [0.25, 0.3) is 0 Å². The Morgan fingerprint density at radius 1 is 1.28 bits per heavy atom. The molecule has 8 heteroatoms. The van der Waals surface area contributed by atoms with Gasteiger partial charge < -0.3 is 15.3 Å². The highest BCUT2D eigenvalue weighted by Crippen LogP contribution is 2.29. The molecule has 2 N–H and O–H groups in total. The number of aliphatic carboxylic acids is 1. The Labute approximate surface area is 142 Å². The van der Waals surface area contributed by atoms with Crippen LogP contribution in [-0.4, -0.2) is 41.6 Å². The fraction of sp³-hybridized carbons (Fsp3) is 0.412. The number of carboxylic acids is 1. The number of alkyl halides is 3. The van der Waals surface area contributed by atoms with Crippen molar-refractivity contribution in [2.24, 2.45) is 5.92 Å². The summed E-state index contributed by atoms with van der Waals surface area (Å²) >= 11 is 0. The lowest BCUT2D eigenvalue weighted by Gasteiger charge is -2.29. The van der Waals surface area contributed by atoms with E-state index in [1.165, 1.54) is 17.0 Å². The Hall–Kier alpha value is -2.69. The molecule has 0 spiro atoms. The molecule has 1 saturated heterocycles. The first-order valence-corrected chi connectivity index (χ1v) is 7.69. The van der Waals surface area contributed by atoms with Gasteiger partial charge in [0.05, 0.1) is 18.0 Å². The number of carbonyl (C=O) groups is 2. The zero-order valence-corrected chi connectivity index (χ0v) is 13.3. The first-order chi connectivity index (χ1) is 11.8. The average molecular weight is 354 g/mol. The number of carbonyl (C=O) groups excluding carboxylic acids is 1. The van der Waals surface area contributed by atoms with E-state index in [0.29, 0.717) is 25.9 Å². The van der Waals surface area contributed by atoms with Crippen molar-refractivity contribution in [3.05, 3.63) is 35.4 Å². The molecule has 1 aromatic rings. The summed E-state index contributed by atoms with van der Waals surface area (Å²) in [5, 5.41) is 11.5. The zero-order valence-electron chi connectivity index (χ0n) is 13.3. The number of urea groups is 1. The maximum absolute atomic E-state index is 12.6. The first kappa shape index (κ1) is 18.6. The van der Waals surface area contributed by atoms with Crippen molar-refractivity contribution in [1.29, 1.82) is 0 Å². The molecule has 134 valence electrons. The number of likely N-dealkylation sites (tertiary alicyclic amines) is 1. The molecule has 5 nitrogen and oxygen atoms in total. The Morgan fingerprint density at radius 2 is 1.96 bits per heavy atom.